The van der Waals surface area contributed by atoms with E-state index in [4.69, 9.17) is 4.74 Å². The number of hydrogen-bond donors (Lipinski definition) is 0. The largest absolute Gasteiger partial charge is 0.383 e. The zero-order chi connectivity index (χ0) is 15.1. The van der Waals surface area contributed by atoms with Gasteiger partial charge in [-0.1, -0.05) is 27.7 Å². The summed E-state index contributed by atoms with van der Waals surface area (Å²) in [5.41, 5.74) is 0. The highest BCUT2D eigenvalue weighted by atomic mass is 32.2. The molecular formula is C13H27NO4S. The number of hydrogen-bond acceptors (Lipinski definition) is 4. The molecule has 0 aliphatic carbocycles. The number of carbonyl (C=O) groups excluding carboxylic acids is 1. The first kappa shape index (κ1) is 18.4. The van der Waals surface area contributed by atoms with E-state index in [0.29, 0.717) is 25.6 Å². The predicted octanol–water partition coefficient (Wildman–Crippen LogP) is 1.19. The number of methoxy groups -OCH3 is 1. The maximum atomic E-state index is 12.1. The smallest absolute Gasteiger partial charge is 0.237 e. The van der Waals surface area contributed by atoms with Gasteiger partial charge in [-0.05, 0) is 11.8 Å². The van der Waals surface area contributed by atoms with Gasteiger partial charge in [0.1, 0.15) is 5.75 Å². The Morgan fingerprint density at radius 2 is 1.74 bits per heavy atom. The zero-order valence-electron chi connectivity index (χ0n) is 12.7. The van der Waals surface area contributed by atoms with E-state index in [2.05, 4.69) is 0 Å². The summed E-state index contributed by atoms with van der Waals surface area (Å²) in [4.78, 5) is 13.6. The molecule has 0 heterocycles. The van der Waals surface area contributed by atoms with E-state index in [1.54, 1.807) is 12.0 Å². The van der Waals surface area contributed by atoms with Gasteiger partial charge in [0, 0.05) is 20.2 Å². The summed E-state index contributed by atoms with van der Waals surface area (Å²) >= 11 is 0. The monoisotopic (exact) mass is 293 g/mol. The Kier molecular flexibility index (Phi) is 8.25. The van der Waals surface area contributed by atoms with E-state index >= 15 is 0 Å². The lowest BCUT2D eigenvalue weighted by molar-refractivity contribution is -0.129. The van der Waals surface area contributed by atoms with Gasteiger partial charge in [0.05, 0.1) is 12.4 Å². The van der Waals surface area contributed by atoms with Crippen LogP contribution in [0.2, 0.25) is 0 Å². The molecule has 0 aromatic carbocycles. The third kappa shape index (κ3) is 8.99. The van der Waals surface area contributed by atoms with Gasteiger partial charge in [0.25, 0.3) is 0 Å². The fourth-order valence-electron chi connectivity index (χ4n) is 1.81. The summed E-state index contributed by atoms with van der Waals surface area (Å²) in [6.45, 7) is 9.07. The van der Waals surface area contributed by atoms with Crippen molar-refractivity contribution in [2.45, 2.75) is 27.7 Å². The van der Waals surface area contributed by atoms with Gasteiger partial charge in [-0.2, -0.15) is 0 Å². The number of ether oxygens (including phenoxy) is 1. The Hall–Kier alpha value is -0.620. The van der Waals surface area contributed by atoms with E-state index < -0.39 is 15.6 Å². The number of carbonyl (C=O) groups is 1. The molecule has 0 spiro atoms. The minimum absolute atomic E-state index is 0.0373. The Bertz CT molecular complexity index is 363. The summed E-state index contributed by atoms with van der Waals surface area (Å²) in [6.07, 6.45) is 0. The fraction of sp³-hybridized carbons (Fsp3) is 0.923. The highest BCUT2D eigenvalue weighted by molar-refractivity contribution is 7.92. The molecule has 0 unspecified atom stereocenters. The maximum Gasteiger partial charge on any atom is 0.237 e. The van der Waals surface area contributed by atoms with Gasteiger partial charge in [-0.3, -0.25) is 4.79 Å². The van der Waals surface area contributed by atoms with Crippen LogP contribution in [0.1, 0.15) is 27.7 Å². The van der Waals surface area contributed by atoms with Crippen molar-refractivity contribution in [3.63, 3.8) is 0 Å². The van der Waals surface area contributed by atoms with E-state index in [9.17, 15) is 13.2 Å². The molecule has 0 rings (SSSR count). The number of rotatable bonds is 9. The average molecular weight is 293 g/mol. The Morgan fingerprint density at radius 3 is 2.16 bits per heavy atom. The van der Waals surface area contributed by atoms with Crippen molar-refractivity contribution in [2.75, 3.05) is 38.3 Å². The van der Waals surface area contributed by atoms with Gasteiger partial charge in [0.15, 0.2) is 9.84 Å². The second kappa shape index (κ2) is 8.53. The first-order valence-electron chi connectivity index (χ1n) is 6.65. The normalized spacial score (nSPS) is 12.2. The van der Waals surface area contributed by atoms with Crippen molar-refractivity contribution >= 4 is 15.7 Å². The van der Waals surface area contributed by atoms with Crippen LogP contribution in [0.3, 0.4) is 0 Å². The van der Waals surface area contributed by atoms with E-state index in [-0.39, 0.29) is 17.6 Å². The van der Waals surface area contributed by atoms with Crippen molar-refractivity contribution in [2.24, 2.45) is 11.8 Å². The van der Waals surface area contributed by atoms with E-state index in [1.807, 2.05) is 27.7 Å². The summed E-state index contributed by atoms with van der Waals surface area (Å²) < 4.78 is 28.6. The first-order chi connectivity index (χ1) is 8.68. The molecule has 0 aromatic rings. The zero-order valence-corrected chi connectivity index (χ0v) is 13.5. The molecule has 19 heavy (non-hydrogen) atoms. The number of amides is 1. The van der Waals surface area contributed by atoms with Crippen LogP contribution in [0, 0.1) is 11.8 Å². The molecule has 0 bridgehead atoms. The highest BCUT2D eigenvalue weighted by Crippen LogP contribution is 2.05. The lowest BCUT2D eigenvalue weighted by atomic mass is 10.2. The lowest BCUT2D eigenvalue weighted by Crippen LogP contribution is -2.40. The Balaban J connectivity index is 4.62. The minimum Gasteiger partial charge on any atom is -0.383 e. The quantitative estimate of drug-likeness (QED) is 0.640. The van der Waals surface area contributed by atoms with Crippen molar-refractivity contribution < 1.29 is 17.9 Å². The van der Waals surface area contributed by atoms with Crippen LogP contribution < -0.4 is 0 Å². The van der Waals surface area contributed by atoms with Crippen molar-refractivity contribution in [3.05, 3.63) is 0 Å². The molecule has 6 heteroatoms. The number of nitrogens with zero attached hydrogens (tertiary/aromatic N) is 1. The molecular weight excluding hydrogens is 266 g/mol. The van der Waals surface area contributed by atoms with Crippen LogP contribution in [0.25, 0.3) is 0 Å². The summed E-state index contributed by atoms with van der Waals surface area (Å²) in [5.74, 6) is -0.338. The van der Waals surface area contributed by atoms with Gasteiger partial charge in [-0.25, -0.2) is 8.42 Å². The average Bonchev–Trinajstić information content (AvgIpc) is 2.20. The van der Waals surface area contributed by atoms with Crippen LogP contribution in [0.5, 0.6) is 0 Å². The Labute approximate surface area is 117 Å². The van der Waals surface area contributed by atoms with E-state index in [1.165, 1.54) is 0 Å². The van der Waals surface area contributed by atoms with Crippen LogP contribution in [0.15, 0.2) is 0 Å². The fourth-order valence-corrected chi connectivity index (χ4v) is 3.50. The summed E-state index contributed by atoms with van der Waals surface area (Å²) in [5, 5.41) is 0. The van der Waals surface area contributed by atoms with Crippen molar-refractivity contribution in [3.8, 4) is 0 Å². The Morgan fingerprint density at radius 1 is 1.16 bits per heavy atom. The third-order valence-corrected chi connectivity index (χ3v) is 4.30. The topological polar surface area (TPSA) is 63.7 Å². The third-order valence-electron chi connectivity index (χ3n) is 2.43. The van der Waals surface area contributed by atoms with Crippen LogP contribution in [-0.4, -0.2) is 57.5 Å². The highest BCUT2D eigenvalue weighted by Gasteiger charge is 2.23. The molecule has 0 saturated heterocycles. The van der Waals surface area contributed by atoms with Gasteiger partial charge in [-0.15, -0.1) is 0 Å². The molecule has 5 nitrogen and oxygen atoms in total. The van der Waals surface area contributed by atoms with Gasteiger partial charge < -0.3 is 9.64 Å². The van der Waals surface area contributed by atoms with Crippen molar-refractivity contribution in [1.29, 1.82) is 0 Å². The standard InChI is InChI=1S/C13H27NO4S/c1-11(2)8-14(6-7-18-5)13(15)10-19(16,17)9-12(3)4/h11-12H,6-10H2,1-5H3. The number of sulfone groups is 1. The summed E-state index contributed by atoms with van der Waals surface area (Å²) in [7, 11) is -1.75. The molecule has 0 saturated carbocycles. The second-order valence-electron chi connectivity index (χ2n) is 5.67. The molecule has 0 atom stereocenters. The molecule has 114 valence electrons. The molecule has 0 N–H and O–H groups in total. The van der Waals surface area contributed by atoms with E-state index in [0.717, 1.165) is 0 Å². The molecule has 0 fully saturated rings. The van der Waals surface area contributed by atoms with Gasteiger partial charge in [0.2, 0.25) is 5.91 Å². The second-order valence-corrected chi connectivity index (χ2v) is 7.78. The molecule has 0 aromatic heterocycles. The minimum atomic E-state index is -3.32. The first-order valence-corrected chi connectivity index (χ1v) is 8.47. The lowest BCUT2D eigenvalue weighted by Gasteiger charge is -2.24. The van der Waals surface area contributed by atoms with Crippen LogP contribution >= 0.6 is 0 Å². The van der Waals surface area contributed by atoms with Crippen LogP contribution in [-0.2, 0) is 19.4 Å². The molecule has 0 radical (unpaired) electrons. The molecule has 0 aliphatic rings. The van der Waals surface area contributed by atoms with Gasteiger partial charge >= 0.3 is 0 Å². The SMILES string of the molecule is COCCN(CC(C)C)C(=O)CS(=O)(=O)CC(C)C. The molecule has 1 amide bonds. The molecule has 0 aliphatic heterocycles. The predicted molar refractivity (Wildman–Crippen MR) is 76.8 cm³/mol. The summed E-state index contributed by atoms with van der Waals surface area (Å²) in [6, 6.07) is 0. The van der Waals surface area contributed by atoms with Crippen molar-refractivity contribution in [1.82, 2.24) is 4.90 Å². The van der Waals surface area contributed by atoms with Crippen LogP contribution in [0.4, 0.5) is 0 Å². The maximum absolute atomic E-state index is 12.1.